The SMILES string of the molecule is NC1CC(CNS(=O)(=O)C2CC2)C1. The van der Waals surface area contributed by atoms with Gasteiger partial charge in [0.15, 0.2) is 0 Å². The van der Waals surface area contributed by atoms with Gasteiger partial charge in [-0.3, -0.25) is 0 Å². The normalized spacial score (nSPS) is 34.2. The molecule has 3 N–H and O–H groups in total. The maximum Gasteiger partial charge on any atom is 0.214 e. The zero-order valence-corrected chi connectivity index (χ0v) is 8.39. The standard InChI is InChI=1S/C8H16N2O2S/c9-7-3-6(4-7)5-10-13(11,12)8-1-2-8/h6-8,10H,1-5,9H2. The van der Waals surface area contributed by atoms with E-state index >= 15 is 0 Å². The lowest BCUT2D eigenvalue weighted by Crippen LogP contribution is -2.43. The molecule has 2 rings (SSSR count). The molecule has 0 saturated heterocycles. The highest BCUT2D eigenvalue weighted by Gasteiger charge is 2.36. The Balaban J connectivity index is 1.73. The molecule has 2 saturated carbocycles. The van der Waals surface area contributed by atoms with Crippen LogP contribution in [0.1, 0.15) is 25.7 Å². The van der Waals surface area contributed by atoms with E-state index in [1.807, 2.05) is 0 Å². The number of nitrogens with one attached hydrogen (secondary N) is 1. The minimum atomic E-state index is -2.97. The molecule has 0 aromatic rings. The summed E-state index contributed by atoms with van der Waals surface area (Å²) in [6.07, 6.45) is 3.60. The fraction of sp³-hybridized carbons (Fsp3) is 1.00. The van der Waals surface area contributed by atoms with Crippen LogP contribution in [0.5, 0.6) is 0 Å². The zero-order valence-electron chi connectivity index (χ0n) is 7.57. The Kier molecular flexibility index (Phi) is 2.33. The van der Waals surface area contributed by atoms with Crippen LogP contribution in [0, 0.1) is 5.92 Å². The Morgan fingerprint density at radius 1 is 1.31 bits per heavy atom. The van der Waals surface area contributed by atoms with Crippen molar-refractivity contribution in [2.75, 3.05) is 6.54 Å². The molecule has 2 aliphatic carbocycles. The molecule has 0 spiro atoms. The van der Waals surface area contributed by atoms with Crippen molar-refractivity contribution in [2.45, 2.75) is 37.0 Å². The van der Waals surface area contributed by atoms with Gasteiger partial charge in [-0.2, -0.15) is 0 Å². The highest BCUT2D eigenvalue weighted by atomic mass is 32.2. The van der Waals surface area contributed by atoms with Crippen LogP contribution in [-0.2, 0) is 10.0 Å². The first-order valence-corrected chi connectivity index (χ1v) is 6.36. The molecule has 76 valence electrons. The van der Waals surface area contributed by atoms with E-state index in [1.54, 1.807) is 0 Å². The van der Waals surface area contributed by atoms with Crippen molar-refractivity contribution in [3.05, 3.63) is 0 Å². The smallest absolute Gasteiger partial charge is 0.214 e. The van der Waals surface area contributed by atoms with Crippen LogP contribution in [0.25, 0.3) is 0 Å². The number of sulfonamides is 1. The molecule has 4 nitrogen and oxygen atoms in total. The quantitative estimate of drug-likeness (QED) is 0.666. The van der Waals surface area contributed by atoms with Crippen molar-refractivity contribution < 1.29 is 8.42 Å². The van der Waals surface area contributed by atoms with Gasteiger partial charge in [0.1, 0.15) is 0 Å². The third kappa shape index (κ3) is 2.21. The van der Waals surface area contributed by atoms with Crippen molar-refractivity contribution in [3.63, 3.8) is 0 Å². The molecule has 0 aliphatic heterocycles. The van der Waals surface area contributed by atoms with E-state index in [0.29, 0.717) is 18.5 Å². The van der Waals surface area contributed by atoms with Gasteiger partial charge in [0.2, 0.25) is 10.0 Å². The van der Waals surface area contributed by atoms with Crippen molar-refractivity contribution in [2.24, 2.45) is 11.7 Å². The summed E-state index contributed by atoms with van der Waals surface area (Å²) < 4.78 is 25.4. The lowest BCUT2D eigenvalue weighted by atomic mass is 9.81. The molecule has 0 atom stereocenters. The Morgan fingerprint density at radius 3 is 2.38 bits per heavy atom. The van der Waals surface area contributed by atoms with Gasteiger partial charge in [-0.25, -0.2) is 13.1 Å². The van der Waals surface area contributed by atoms with Gasteiger partial charge in [-0.05, 0) is 31.6 Å². The Bertz CT molecular complexity index is 279. The largest absolute Gasteiger partial charge is 0.328 e. The third-order valence-corrected chi connectivity index (χ3v) is 4.73. The molecule has 0 aromatic carbocycles. The molecule has 0 heterocycles. The van der Waals surface area contributed by atoms with Gasteiger partial charge in [0, 0.05) is 12.6 Å². The average Bonchev–Trinajstić information content (AvgIpc) is 2.77. The Labute approximate surface area is 78.9 Å². The van der Waals surface area contributed by atoms with Gasteiger partial charge in [-0.15, -0.1) is 0 Å². The fourth-order valence-electron chi connectivity index (χ4n) is 1.68. The van der Waals surface area contributed by atoms with Crippen LogP contribution in [0.4, 0.5) is 0 Å². The maximum atomic E-state index is 11.4. The van der Waals surface area contributed by atoms with Crippen molar-refractivity contribution >= 4 is 10.0 Å². The molecule has 0 bridgehead atoms. The molecule has 5 heteroatoms. The predicted molar refractivity (Wildman–Crippen MR) is 50.6 cm³/mol. The lowest BCUT2D eigenvalue weighted by molar-refractivity contribution is 0.267. The molecular weight excluding hydrogens is 188 g/mol. The number of hydrogen-bond donors (Lipinski definition) is 2. The van der Waals surface area contributed by atoms with E-state index < -0.39 is 10.0 Å². The topological polar surface area (TPSA) is 72.2 Å². The number of nitrogens with two attached hydrogens (primary N) is 1. The van der Waals surface area contributed by atoms with E-state index in [-0.39, 0.29) is 5.25 Å². The van der Waals surface area contributed by atoms with Crippen molar-refractivity contribution in [3.8, 4) is 0 Å². The second kappa shape index (κ2) is 3.22. The highest BCUT2D eigenvalue weighted by Crippen LogP contribution is 2.29. The number of hydrogen-bond acceptors (Lipinski definition) is 3. The number of rotatable bonds is 4. The molecule has 0 aromatic heterocycles. The second-order valence-corrected chi connectivity index (χ2v) is 6.24. The van der Waals surface area contributed by atoms with E-state index in [0.717, 1.165) is 25.7 Å². The van der Waals surface area contributed by atoms with Gasteiger partial charge in [0.05, 0.1) is 5.25 Å². The minimum Gasteiger partial charge on any atom is -0.328 e. The first-order valence-electron chi connectivity index (χ1n) is 4.82. The van der Waals surface area contributed by atoms with E-state index in [1.165, 1.54) is 0 Å². The molecular formula is C8H16N2O2S. The predicted octanol–water partition coefficient (Wildman–Crippen LogP) is -0.195. The van der Waals surface area contributed by atoms with Crippen LogP contribution in [0.2, 0.25) is 0 Å². The first kappa shape index (κ1) is 9.43. The summed E-state index contributed by atoms with van der Waals surface area (Å²) in [4.78, 5) is 0. The van der Waals surface area contributed by atoms with Crippen LogP contribution in [0.3, 0.4) is 0 Å². The summed E-state index contributed by atoms with van der Waals surface area (Å²) >= 11 is 0. The van der Waals surface area contributed by atoms with E-state index in [2.05, 4.69) is 4.72 Å². The van der Waals surface area contributed by atoms with Gasteiger partial charge < -0.3 is 5.73 Å². The van der Waals surface area contributed by atoms with E-state index in [4.69, 9.17) is 5.73 Å². The van der Waals surface area contributed by atoms with Crippen LogP contribution in [-0.4, -0.2) is 26.3 Å². The lowest BCUT2D eigenvalue weighted by Gasteiger charge is -2.32. The second-order valence-electron chi connectivity index (χ2n) is 4.19. The third-order valence-electron chi connectivity index (χ3n) is 2.81. The highest BCUT2D eigenvalue weighted by molar-refractivity contribution is 7.90. The van der Waals surface area contributed by atoms with Gasteiger partial charge in [-0.1, -0.05) is 0 Å². The summed E-state index contributed by atoms with van der Waals surface area (Å²) in [7, 11) is -2.97. The van der Waals surface area contributed by atoms with Crippen LogP contribution < -0.4 is 10.5 Å². The fourth-order valence-corrected chi connectivity index (χ4v) is 3.14. The maximum absolute atomic E-state index is 11.4. The van der Waals surface area contributed by atoms with Crippen molar-refractivity contribution in [1.29, 1.82) is 0 Å². The monoisotopic (exact) mass is 204 g/mol. The molecule has 0 amide bonds. The molecule has 0 unspecified atom stereocenters. The molecule has 2 aliphatic rings. The molecule has 0 radical (unpaired) electrons. The first-order chi connectivity index (χ1) is 6.08. The minimum absolute atomic E-state index is 0.0961. The summed E-state index contributed by atoms with van der Waals surface area (Å²) in [5.74, 6) is 0.475. The van der Waals surface area contributed by atoms with Crippen LogP contribution in [0.15, 0.2) is 0 Å². The van der Waals surface area contributed by atoms with Gasteiger partial charge >= 0.3 is 0 Å². The summed E-state index contributed by atoms with van der Waals surface area (Å²) in [6.45, 7) is 0.590. The Morgan fingerprint density at radius 2 is 1.92 bits per heavy atom. The average molecular weight is 204 g/mol. The molecule has 13 heavy (non-hydrogen) atoms. The molecule has 2 fully saturated rings. The summed E-state index contributed by atoms with van der Waals surface area (Å²) in [5, 5.41) is -0.0961. The summed E-state index contributed by atoms with van der Waals surface area (Å²) in [5.41, 5.74) is 5.60. The van der Waals surface area contributed by atoms with Gasteiger partial charge in [0.25, 0.3) is 0 Å². The van der Waals surface area contributed by atoms with Crippen LogP contribution >= 0.6 is 0 Å². The summed E-state index contributed by atoms with van der Waals surface area (Å²) in [6, 6.07) is 0.301. The zero-order chi connectivity index (χ0) is 9.47. The van der Waals surface area contributed by atoms with E-state index in [9.17, 15) is 8.42 Å². The Hall–Kier alpha value is -0.130. The van der Waals surface area contributed by atoms with Crippen molar-refractivity contribution in [1.82, 2.24) is 4.72 Å².